The first-order valence-electron chi connectivity index (χ1n) is 5.05. The van der Waals surface area contributed by atoms with Crippen molar-refractivity contribution in [2.75, 3.05) is 26.3 Å². The highest BCUT2D eigenvalue weighted by Gasteiger charge is 2.26. The molecule has 0 unspecified atom stereocenters. The number of halogens is 2. The van der Waals surface area contributed by atoms with E-state index in [2.05, 4.69) is 11.9 Å². The Hall–Kier alpha value is -1.01. The predicted molar refractivity (Wildman–Crippen MR) is 57.3 cm³/mol. The molecular weight excluding hydrogens is 218 g/mol. The highest BCUT2D eigenvalue weighted by molar-refractivity contribution is 5.75. The van der Waals surface area contributed by atoms with Gasteiger partial charge in [0.05, 0.1) is 19.7 Å². The summed E-state index contributed by atoms with van der Waals surface area (Å²) in [7, 11) is 0. The molecule has 0 aliphatic carbocycles. The van der Waals surface area contributed by atoms with Crippen molar-refractivity contribution in [1.82, 2.24) is 5.32 Å². The summed E-state index contributed by atoms with van der Waals surface area (Å²) in [5, 5.41) is 2.12. The van der Waals surface area contributed by atoms with Gasteiger partial charge in [-0.05, 0) is 6.42 Å². The molecule has 0 rings (SSSR count). The summed E-state index contributed by atoms with van der Waals surface area (Å²) in [5.41, 5.74) is 4.82. The van der Waals surface area contributed by atoms with Gasteiger partial charge in [0, 0.05) is 13.0 Å². The first-order valence-corrected chi connectivity index (χ1v) is 5.05. The Labute approximate surface area is 93.8 Å². The van der Waals surface area contributed by atoms with Gasteiger partial charge in [-0.15, -0.1) is 6.58 Å². The molecular formula is C10H18F2N2O2. The van der Waals surface area contributed by atoms with E-state index in [1.165, 1.54) is 0 Å². The van der Waals surface area contributed by atoms with Crippen LogP contribution in [0.2, 0.25) is 0 Å². The number of carbonyl (C=O) groups excluding carboxylic acids is 1. The van der Waals surface area contributed by atoms with Crippen LogP contribution < -0.4 is 11.1 Å². The summed E-state index contributed by atoms with van der Waals surface area (Å²) in [5.74, 6) is -3.45. The number of rotatable bonds is 9. The van der Waals surface area contributed by atoms with Gasteiger partial charge in [-0.1, -0.05) is 6.08 Å². The van der Waals surface area contributed by atoms with Crippen LogP contribution in [0.15, 0.2) is 12.7 Å². The van der Waals surface area contributed by atoms with Crippen molar-refractivity contribution in [2.45, 2.75) is 18.8 Å². The van der Waals surface area contributed by atoms with Gasteiger partial charge in [-0.3, -0.25) is 4.79 Å². The molecule has 0 saturated carbocycles. The van der Waals surface area contributed by atoms with E-state index in [1.807, 2.05) is 0 Å². The lowest BCUT2D eigenvalue weighted by atomic mass is 10.3. The molecule has 16 heavy (non-hydrogen) atoms. The van der Waals surface area contributed by atoms with Crippen LogP contribution in [0.25, 0.3) is 0 Å². The first kappa shape index (κ1) is 15.0. The SMILES string of the molecule is C=CCOCCCC(=O)NCC(F)(F)CN. The van der Waals surface area contributed by atoms with Gasteiger partial charge >= 0.3 is 0 Å². The molecule has 0 aromatic rings. The van der Waals surface area contributed by atoms with E-state index < -0.39 is 24.9 Å². The highest BCUT2D eigenvalue weighted by Crippen LogP contribution is 2.08. The third-order valence-electron chi connectivity index (χ3n) is 1.77. The van der Waals surface area contributed by atoms with Gasteiger partial charge in [0.1, 0.15) is 0 Å². The standard InChI is InChI=1S/C10H18F2N2O2/c1-2-5-16-6-3-4-9(15)14-8-10(11,12)7-13/h2H,1,3-8,13H2,(H,14,15). The summed E-state index contributed by atoms with van der Waals surface area (Å²) in [4.78, 5) is 11.1. The topological polar surface area (TPSA) is 64.3 Å². The van der Waals surface area contributed by atoms with Gasteiger partial charge in [0.25, 0.3) is 5.92 Å². The number of ether oxygens (including phenoxy) is 1. The van der Waals surface area contributed by atoms with Gasteiger partial charge in [-0.25, -0.2) is 8.78 Å². The van der Waals surface area contributed by atoms with Gasteiger partial charge in [0.15, 0.2) is 0 Å². The Bertz CT molecular complexity index is 223. The molecule has 0 radical (unpaired) electrons. The molecule has 0 bridgehead atoms. The molecule has 0 saturated heterocycles. The summed E-state index contributed by atoms with van der Waals surface area (Å²) in [6.07, 6.45) is 2.26. The lowest BCUT2D eigenvalue weighted by molar-refractivity contribution is -0.123. The minimum atomic E-state index is -3.03. The maximum absolute atomic E-state index is 12.6. The lowest BCUT2D eigenvalue weighted by Gasteiger charge is -2.14. The Balaban J connectivity index is 3.48. The second kappa shape index (κ2) is 8.18. The van der Waals surface area contributed by atoms with Crippen molar-refractivity contribution < 1.29 is 18.3 Å². The number of nitrogens with two attached hydrogens (primary N) is 1. The van der Waals surface area contributed by atoms with Crippen molar-refractivity contribution in [3.63, 3.8) is 0 Å². The van der Waals surface area contributed by atoms with Crippen LogP contribution in [0.4, 0.5) is 8.78 Å². The van der Waals surface area contributed by atoms with Gasteiger partial charge in [0.2, 0.25) is 5.91 Å². The number of hydrogen-bond acceptors (Lipinski definition) is 3. The van der Waals surface area contributed by atoms with Crippen LogP contribution in [0, 0.1) is 0 Å². The quantitative estimate of drug-likeness (QED) is 0.457. The molecule has 4 nitrogen and oxygen atoms in total. The molecule has 94 valence electrons. The molecule has 1 amide bonds. The monoisotopic (exact) mass is 236 g/mol. The number of alkyl halides is 2. The van der Waals surface area contributed by atoms with Crippen molar-refractivity contribution in [2.24, 2.45) is 5.73 Å². The minimum absolute atomic E-state index is 0.164. The van der Waals surface area contributed by atoms with Crippen LogP contribution in [-0.2, 0) is 9.53 Å². The zero-order valence-corrected chi connectivity index (χ0v) is 9.18. The van der Waals surface area contributed by atoms with E-state index in [-0.39, 0.29) is 6.42 Å². The van der Waals surface area contributed by atoms with Crippen molar-refractivity contribution in [3.05, 3.63) is 12.7 Å². The van der Waals surface area contributed by atoms with Crippen LogP contribution in [0.3, 0.4) is 0 Å². The van der Waals surface area contributed by atoms with Crippen LogP contribution in [0.5, 0.6) is 0 Å². The summed E-state index contributed by atoms with van der Waals surface area (Å²) >= 11 is 0. The fourth-order valence-corrected chi connectivity index (χ4v) is 0.890. The molecule has 0 aliphatic heterocycles. The van der Waals surface area contributed by atoms with Gasteiger partial charge < -0.3 is 15.8 Å². The minimum Gasteiger partial charge on any atom is -0.377 e. The number of amides is 1. The maximum Gasteiger partial charge on any atom is 0.277 e. The van der Waals surface area contributed by atoms with E-state index in [0.717, 1.165) is 0 Å². The Morgan fingerprint density at radius 3 is 2.81 bits per heavy atom. The number of hydrogen-bond donors (Lipinski definition) is 2. The van der Waals surface area contributed by atoms with Crippen LogP contribution in [-0.4, -0.2) is 38.1 Å². The second-order valence-corrected chi connectivity index (χ2v) is 3.30. The summed E-state index contributed by atoms with van der Waals surface area (Å²) in [6.45, 7) is 2.81. The molecule has 0 aromatic carbocycles. The summed E-state index contributed by atoms with van der Waals surface area (Å²) in [6, 6.07) is 0. The average Bonchev–Trinajstić information content (AvgIpc) is 2.26. The molecule has 0 spiro atoms. The van der Waals surface area contributed by atoms with Crippen LogP contribution >= 0.6 is 0 Å². The third kappa shape index (κ3) is 8.31. The van der Waals surface area contributed by atoms with E-state index in [9.17, 15) is 13.6 Å². The molecule has 0 aliphatic rings. The van der Waals surface area contributed by atoms with Crippen molar-refractivity contribution in [1.29, 1.82) is 0 Å². The molecule has 0 aromatic heterocycles. The molecule has 0 fully saturated rings. The Morgan fingerprint density at radius 1 is 1.56 bits per heavy atom. The second-order valence-electron chi connectivity index (χ2n) is 3.30. The van der Waals surface area contributed by atoms with Crippen molar-refractivity contribution in [3.8, 4) is 0 Å². The average molecular weight is 236 g/mol. The molecule has 0 atom stereocenters. The normalized spacial score (nSPS) is 11.2. The fourth-order valence-electron chi connectivity index (χ4n) is 0.890. The molecule has 6 heteroatoms. The Kier molecular flexibility index (Phi) is 7.66. The van der Waals surface area contributed by atoms with E-state index in [0.29, 0.717) is 19.6 Å². The van der Waals surface area contributed by atoms with E-state index >= 15 is 0 Å². The fraction of sp³-hybridized carbons (Fsp3) is 0.700. The van der Waals surface area contributed by atoms with Gasteiger partial charge in [-0.2, -0.15) is 0 Å². The highest BCUT2D eigenvalue weighted by atomic mass is 19.3. The lowest BCUT2D eigenvalue weighted by Crippen LogP contribution is -2.41. The third-order valence-corrected chi connectivity index (χ3v) is 1.77. The zero-order valence-electron chi connectivity index (χ0n) is 9.18. The number of carbonyl (C=O) groups is 1. The van der Waals surface area contributed by atoms with E-state index in [1.54, 1.807) is 6.08 Å². The smallest absolute Gasteiger partial charge is 0.277 e. The number of nitrogens with one attached hydrogen (secondary N) is 1. The summed E-state index contributed by atoms with van der Waals surface area (Å²) < 4.78 is 30.3. The zero-order chi connectivity index (χ0) is 12.4. The maximum atomic E-state index is 12.6. The van der Waals surface area contributed by atoms with Crippen LogP contribution in [0.1, 0.15) is 12.8 Å². The van der Waals surface area contributed by atoms with E-state index in [4.69, 9.17) is 10.5 Å². The molecule has 0 heterocycles. The largest absolute Gasteiger partial charge is 0.377 e. The van der Waals surface area contributed by atoms with Crippen molar-refractivity contribution >= 4 is 5.91 Å². The Morgan fingerprint density at radius 2 is 2.25 bits per heavy atom. The molecule has 3 N–H and O–H groups in total. The predicted octanol–water partition coefficient (Wildman–Crippen LogP) is 0.679. The first-order chi connectivity index (χ1) is 7.52.